The molecule has 172 valence electrons. The average Bonchev–Trinajstić information content (AvgIpc) is 3.41. The zero-order valence-electron chi connectivity index (χ0n) is 19.5. The summed E-state index contributed by atoms with van der Waals surface area (Å²) in [5, 5.41) is 16.3. The molecule has 0 aliphatic rings. The van der Waals surface area contributed by atoms with Crippen LogP contribution in [0.25, 0.3) is 27.8 Å². The fourth-order valence-electron chi connectivity index (χ4n) is 4.11. The van der Waals surface area contributed by atoms with Crippen LogP contribution in [-0.2, 0) is 4.79 Å². The van der Waals surface area contributed by atoms with Gasteiger partial charge in [-0.2, -0.15) is 0 Å². The van der Waals surface area contributed by atoms with Gasteiger partial charge < -0.3 is 5.32 Å². The number of thioether (sulfide) groups is 1. The predicted molar refractivity (Wildman–Crippen MR) is 141 cm³/mol. The van der Waals surface area contributed by atoms with E-state index in [0.29, 0.717) is 17.3 Å². The van der Waals surface area contributed by atoms with E-state index in [-0.39, 0.29) is 5.91 Å². The summed E-state index contributed by atoms with van der Waals surface area (Å²) in [5.41, 5.74) is 8.70. The van der Waals surface area contributed by atoms with Crippen molar-refractivity contribution in [2.45, 2.75) is 39.3 Å². The molecule has 3 aromatic heterocycles. The Hall–Kier alpha value is -3.23. The van der Waals surface area contributed by atoms with Crippen molar-refractivity contribution in [1.82, 2.24) is 19.6 Å². The molecule has 0 saturated heterocycles. The quantitative estimate of drug-likeness (QED) is 0.282. The molecule has 1 N–H and O–H groups in total. The van der Waals surface area contributed by atoms with E-state index >= 15 is 0 Å². The maximum Gasteiger partial charge on any atom is 0.226 e. The summed E-state index contributed by atoms with van der Waals surface area (Å²) in [7, 11) is 0. The van der Waals surface area contributed by atoms with Crippen molar-refractivity contribution < 1.29 is 4.79 Å². The lowest BCUT2D eigenvalue weighted by atomic mass is 10.0. The van der Waals surface area contributed by atoms with Gasteiger partial charge in [0.1, 0.15) is 0 Å². The van der Waals surface area contributed by atoms with Crippen LogP contribution >= 0.6 is 23.1 Å². The highest BCUT2D eigenvalue weighted by Gasteiger charge is 2.15. The lowest BCUT2D eigenvalue weighted by Gasteiger charge is -2.11. The number of pyridine rings is 1. The molecule has 34 heavy (non-hydrogen) atoms. The number of aryl methyl sites for hydroxylation is 4. The first-order valence-corrected chi connectivity index (χ1v) is 13.0. The van der Waals surface area contributed by atoms with Crippen LogP contribution < -0.4 is 5.32 Å². The lowest BCUT2D eigenvalue weighted by Crippen LogP contribution is -2.12. The largest absolute Gasteiger partial charge is 0.302 e. The summed E-state index contributed by atoms with van der Waals surface area (Å²) < 4.78 is 2.11. The number of carbonyl (C=O) groups is 1. The van der Waals surface area contributed by atoms with E-state index in [1.54, 1.807) is 11.8 Å². The molecule has 0 spiro atoms. The molecule has 5 aromatic rings. The molecule has 6 nitrogen and oxygen atoms in total. The van der Waals surface area contributed by atoms with Gasteiger partial charge in [0.25, 0.3) is 0 Å². The van der Waals surface area contributed by atoms with Crippen LogP contribution in [0.5, 0.6) is 0 Å². The fraction of sp³-hybridized carbons (Fsp3) is 0.231. The van der Waals surface area contributed by atoms with Crippen molar-refractivity contribution in [3.05, 3.63) is 70.1 Å². The van der Waals surface area contributed by atoms with Gasteiger partial charge in [-0.3, -0.25) is 9.20 Å². The minimum atomic E-state index is -0.0568. The summed E-state index contributed by atoms with van der Waals surface area (Å²) >= 11 is 2.98. The van der Waals surface area contributed by atoms with Crippen molar-refractivity contribution in [3.63, 3.8) is 0 Å². The molecule has 0 bridgehead atoms. The first kappa shape index (κ1) is 22.6. The van der Waals surface area contributed by atoms with Crippen LogP contribution in [0.15, 0.2) is 53.0 Å². The van der Waals surface area contributed by atoms with Crippen LogP contribution in [0.4, 0.5) is 5.13 Å². The number of carbonyl (C=O) groups excluding carboxylic acids is 1. The zero-order valence-corrected chi connectivity index (χ0v) is 21.2. The number of benzene rings is 2. The highest BCUT2D eigenvalue weighted by molar-refractivity contribution is 7.99. The Morgan fingerprint density at radius 3 is 2.59 bits per heavy atom. The Bertz CT molecular complexity index is 1520. The van der Waals surface area contributed by atoms with Crippen LogP contribution in [0.2, 0.25) is 0 Å². The minimum absolute atomic E-state index is 0.0568. The van der Waals surface area contributed by atoms with Crippen molar-refractivity contribution in [2.75, 3.05) is 11.1 Å². The number of rotatable bonds is 6. The van der Waals surface area contributed by atoms with Crippen molar-refractivity contribution >= 4 is 50.7 Å². The Morgan fingerprint density at radius 1 is 1.00 bits per heavy atom. The monoisotopic (exact) mass is 487 g/mol. The first-order chi connectivity index (χ1) is 16.4. The third-order valence-corrected chi connectivity index (χ3v) is 7.44. The molecular weight excluding hydrogens is 462 g/mol. The van der Waals surface area contributed by atoms with Gasteiger partial charge in [0, 0.05) is 28.5 Å². The van der Waals surface area contributed by atoms with E-state index in [0.717, 1.165) is 27.6 Å². The lowest BCUT2D eigenvalue weighted by molar-refractivity contribution is -0.115. The molecular formula is C26H25N5OS2. The number of thiazole rings is 1. The topological polar surface area (TPSA) is 72.2 Å². The molecule has 0 aliphatic heterocycles. The van der Waals surface area contributed by atoms with Gasteiger partial charge in [-0.1, -0.05) is 53.2 Å². The highest BCUT2D eigenvalue weighted by atomic mass is 32.2. The smallest absolute Gasteiger partial charge is 0.226 e. The van der Waals surface area contributed by atoms with Gasteiger partial charge >= 0.3 is 0 Å². The van der Waals surface area contributed by atoms with Crippen molar-refractivity contribution in [1.29, 1.82) is 0 Å². The van der Waals surface area contributed by atoms with Crippen LogP contribution in [-0.4, -0.2) is 31.2 Å². The molecule has 0 aliphatic carbocycles. The van der Waals surface area contributed by atoms with Crippen molar-refractivity contribution in [2.24, 2.45) is 0 Å². The number of fused-ring (bicyclic) bond motifs is 3. The van der Waals surface area contributed by atoms with Gasteiger partial charge in [0.05, 0.1) is 11.2 Å². The Labute approximate surface area is 206 Å². The second-order valence-corrected chi connectivity index (χ2v) is 10.5. The molecule has 1 amide bonds. The first-order valence-electron chi connectivity index (χ1n) is 11.1. The number of aromatic nitrogens is 4. The van der Waals surface area contributed by atoms with Gasteiger partial charge in [-0.25, -0.2) is 4.98 Å². The Kier molecular flexibility index (Phi) is 6.10. The number of amides is 1. The van der Waals surface area contributed by atoms with Crippen molar-refractivity contribution in [3.8, 4) is 11.3 Å². The van der Waals surface area contributed by atoms with E-state index in [1.165, 1.54) is 39.0 Å². The normalized spacial score (nSPS) is 11.4. The van der Waals surface area contributed by atoms with Gasteiger partial charge in [0.15, 0.2) is 15.9 Å². The molecule has 2 aromatic carbocycles. The molecule has 0 fully saturated rings. The second kappa shape index (κ2) is 9.19. The zero-order chi connectivity index (χ0) is 23.8. The maximum atomic E-state index is 12.5. The minimum Gasteiger partial charge on any atom is -0.302 e. The number of hydrogen-bond donors (Lipinski definition) is 1. The summed E-state index contributed by atoms with van der Waals surface area (Å²) in [4.78, 5) is 17.1. The highest BCUT2D eigenvalue weighted by Crippen LogP contribution is 2.30. The molecule has 3 heterocycles. The van der Waals surface area contributed by atoms with E-state index < -0.39 is 0 Å². The summed E-state index contributed by atoms with van der Waals surface area (Å²) in [6, 6.07) is 14.7. The van der Waals surface area contributed by atoms with Gasteiger partial charge in [0.2, 0.25) is 5.91 Å². The molecule has 5 rings (SSSR count). The van der Waals surface area contributed by atoms with E-state index in [1.807, 2.05) is 17.5 Å². The number of anilines is 1. The van der Waals surface area contributed by atoms with E-state index in [9.17, 15) is 4.79 Å². The second-order valence-electron chi connectivity index (χ2n) is 8.53. The summed E-state index contributed by atoms with van der Waals surface area (Å²) in [6.45, 7) is 8.40. The average molecular weight is 488 g/mol. The number of nitrogens with zero attached hydrogens (tertiary/aromatic N) is 4. The summed E-state index contributed by atoms with van der Waals surface area (Å²) in [6.07, 6.45) is 0.362. The molecule has 0 atom stereocenters. The molecule has 0 radical (unpaired) electrons. The summed E-state index contributed by atoms with van der Waals surface area (Å²) in [5.74, 6) is 0.543. The third kappa shape index (κ3) is 4.43. The van der Waals surface area contributed by atoms with E-state index in [2.05, 4.69) is 82.9 Å². The molecule has 8 heteroatoms. The molecule has 0 unspecified atom stereocenters. The van der Waals surface area contributed by atoms with Gasteiger partial charge in [-0.05, 0) is 51.0 Å². The van der Waals surface area contributed by atoms with E-state index in [4.69, 9.17) is 0 Å². The fourth-order valence-corrected chi connectivity index (χ4v) is 5.73. The maximum absolute atomic E-state index is 12.5. The van der Waals surface area contributed by atoms with Crippen LogP contribution in [0.3, 0.4) is 0 Å². The SMILES string of the molecule is Cc1ccc(-c2csc(NC(=O)CCSc3nnc4cc(C)c5cc(C)cc(C)c5n34)n2)cc1. The molecule has 0 saturated carbocycles. The van der Waals surface area contributed by atoms with Gasteiger partial charge in [-0.15, -0.1) is 21.5 Å². The standard InChI is InChI=1S/C26H25N5OS2/c1-15-5-7-19(8-6-15)21-14-34-25(27-21)28-23(32)9-10-33-26-30-29-22-13-17(3)20-12-16(2)11-18(4)24(20)31(22)26/h5-8,11-14H,9-10H2,1-4H3,(H,27,28,32). The number of hydrogen-bond acceptors (Lipinski definition) is 6. The predicted octanol–water partition coefficient (Wildman–Crippen LogP) is 6.36. The Morgan fingerprint density at radius 2 is 1.79 bits per heavy atom. The Balaban J connectivity index is 1.27. The third-order valence-electron chi connectivity index (χ3n) is 5.76. The van der Waals surface area contributed by atoms with Crippen LogP contribution in [0.1, 0.15) is 28.7 Å². The number of nitrogens with one attached hydrogen (secondary N) is 1. The van der Waals surface area contributed by atoms with Crippen LogP contribution in [0, 0.1) is 27.7 Å².